The van der Waals surface area contributed by atoms with Crippen LogP contribution in [0.15, 0.2) is 48.5 Å². The van der Waals surface area contributed by atoms with E-state index in [9.17, 15) is 9.59 Å². The number of amides is 1. The first-order chi connectivity index (χ1) is 13.9. The summed E-state index contributed by atoms with van der Waals surface area (Å²) in [5, 5.41) is 7.00. The van der Waals surface area contributed by atoms with Crippen LogP contribution in [0.2, 0.25) is 5.02 Å². The van der Waals surface area contributed by atoms with Gasteiger partial charge in [-0.05, 0) is 56.5 Å². The number of ketones is 1. The van der Waals surface area contributed by atoms with Crippen LogP contribution in [0.25, 0.3) is 0 Å². The second-order valence-electron chi connectivity index (χ2n) is 7.63. The highest BCUT2D eigenvalue weighted by molar-refractivity contribution is 6.30. The maximum Gasteiger partial charge on any atom is 0.241 e. The number of carbonyl (C=O) groups excluding carboxylic acids is 2. The molecule has 2 aromatic carbocycles. The van der Waals surface area contributed by atoms with Crippen molar-refractivity contribution in [2.45, 2.75) is 38.1 Å². The first-order valence-electron chi connectivity index (χ1n) is 9.89. The highest BCUT2D eigenvalue weighted by atomic mass is 35.5. The molecule has 1 atom stereocenters. The van der Waals surface area contributed by atoms with Crippen molar-refractivity contribution < 1.29 is 14.3 Å². The van der Waals surface area contributed by atoms with Gasteiger partial charge in [0.1, 0.15) is 0 Å². The molecule has 1 heterocycles. The summed E-state index contributed by atoms with van der Waals surface area (Å²) in [5.74, 6) is -0.166. The lowest BCUT2D eigenvalue weighted by Crippen LogP contribution is -2.48. The molecule has 3 rings (SSSR count). The molecular weight excluding hydrogens is 388 g/mol. The van der Waals surface area contributed by atoms with Gasteiger partial charge in [-0.25, -0.2) is 0 Å². The zero-order chi connectivity index (χ0) is 20.9. The van der Waals surface area contributed by atoms with Gasteiger partial charge in [0.25, 0.3) is 0 Å². The zero-order valence-corrected chi connectivity index (χ0v) is 17.6. The second-order valence-corrected chi connectivity index (χ2v) is 8.06. The summed E-state index contributed by atoms with van der Waals surface area (Å²) < 4.78 is 5.57. The molecule has 154 valence electrons. The van der Waals surface area contributed by atoms with Crippen molar-refractivity contribution >= 4 is 29.0 Å². The number of anilines is 1. The Kier molecular flexibility index (Phi) is 7.06. The number of nitrogens with one attached hydrogen (secondary N) is 2. The number of benzene rings is 2. The van der Waals surface area contributed by atoms with Gasteiger partial charge in [0, 0.05) is 41.4 Å². The van der Waals surface area contributed by atoms with Crippen LogP contribution in [0, 0.1) is 0 Å². The van der Waals surface area contributed by atoms with Gasteiger partial charge in [0.2, 0.25) is 5.91 Å². The fourth-order valence-electron chi connectivity index (χ4n) is 3.64. The van der Waals surface area contributed by atoms with Crippen molar-refractivity contribution in [3.8, 4) is 0 Å². The van der Waals surface area contributed by atoms with Crippen LogP contribution in [-0.4, -0.2) is 37.5 Å². The third-order valence-corrected chi connectivity index (χ3v) is 5.84. The normalized spacial score (nSPS) is 16.8. The average Bonchev–Trinajstić information content (AvgIpc) is 2.73. The molecule has 1 fully saturated rings. The van der Waals surface area contributed by atoms with Gasteiger partial charge in [-0.1, -0.05) is 35.9 Å². The molecule has 1 aliphatic rings. The van der Waals surface area contributed by atoms with Crippen LogP contribution < -0.4 is 10.6 Å². The number of halogens is 1. The van der Waals surface area contributed by atoms with Gasteiger partial charge in [0.05, 0.1) is 6.04 Å². The van der Waals surface area contributed by atoms with E-state index in [1.807, 2.05) is 19.1 Å². The van der Waals surface area contributed by atoms with E-state index in [1.165, 1.54) is 12.5 Å². The Morgan fingerprint density at radius 3 is 2.48 bits per heavy atom. The Hall–Kier alpha value is -2.21. The van der Waals surface area contributed by atoms with E-state index in [-0.39, 0.29) is 23.1 Å². The number of hydrogen-bond acceptors (Lipinski definition) is 4. The van der Waals surface area contributed by atoms with Crippen LogP contribution in [0.1, 0.15) is 42.6 Å². The molecule has 2 N–H and O–H groups in total. The van der Waals surface area contributed by atoms with Crippen molar-refractivity contribution in [1.82, 2.24) is 5.32 Å². The summed E-state index contributed by atoms with van der Waals surface area (Å²) in [6, 6.07) is 14.5. The quantitative estimate of drug-likeness (QED) is 0.666. The summed E-state index contributed by atoms with van der Waals surface area (Å²) >= 11 is 6.06. The molecule has 0 radical (unpaired) electrons. The van der Waals surface area contributed by atoms with E-state index in [0.29, 0.717) is 36.0 Å². The van der Waals surface area contributed by atoms with Gasteiger partial charge in [-0.3, -0.25) is 9.59 Å². The zero-order valence-electron chi connectivity index (χ0n) is 16.8. The van der Waals surface area contributed by atoms with Crippen LogP contribution >= 0.6 is 11.6 Å². The predicted octanol–water partition coefficient (Wildman–Crippen LogP) is 4.21. The summed E-state index contributed by atoms with van der Waals surface area (Å²) in [4.78, 5) is 24.2. The van der Waals surface area contributed by atoms with E-state index in [2.05, 4.69) is 22.8 Å². The topological polar surface area (TPSA) is 67.4 Å². The molecule has 1 amide bonds. The van der Waals surface area contributed by atoms with Crippen molar-refractivity contribution in [2.75, 3.05) is 25.1 Å². The molecule has 0 saturated carbocycles. The Labute approximate surface area is 176 Å². The van der Waals surface area contributed by atoms with Crippen LogP contribution in [0.4, 0.5) is 5.69 Å². The fourth-order valence-corrected chi connectivity index (χ4v) is 3.77. The molecule has 6 heteroatoms. The molecule has 0 aromatic heterocycles. The van der Waals surface area contributed by atoms with Crippen molar-refractivity contribution in [3.05, 3.63) is 64.7 Å². The van der Waals surface area contributed by atoms with Gasteiger partial charge >= 0.3 is 0 Å². The maximum atomic E-state index is 12.7. The summed E-state index contributed by atoms with van der Waals surface area (Å²) in [6.45, 7) is 5.42. The summed E-state index contributed by atoms with van der Waals surface area (Å²) in [6.07, 6.45) is 1.77. The minimum atomic E-state index is -0.386. The number of Topliss-reactive ketones (excluding diaryl/α,β-unsaturated/α-hetero) is 1. The molecule has 0 aliphatic carbocycles. The number of ether oxygens (including phenoxy) is 1. The molecular formula is C23H27ClN2O3. The molecule has 29 heavy (non-hydrogen) atoms. The largest absolute Gasteiger partial charge is 0.381 e. The van der Waals surface area contributed by atoms with Crippen LogP contribution in [0.5, 0.6) is 0 Å². The van der Waals surface area contributed by atoms with Crippen molar-refractivity contribution in [3.63, 3.8) is 0 Å². The van der Waals surface area contributed by atoms with Gasteiger partial charge < -0.3 is 15.4 Å². The molecule has 5 nitrogen and oxygen atoms in total. The third-order valence-electron chi connectivity index (χ3n) is 5.58. The van der Waals surface area contributed by atoms with Gasteiger partial charge in [-0.15, -0.1) is 0 Å². The van der Waals surface area contributed by atoms with E-state index < -0.39 is 0 Å². The predicted molar refractivity (Wildman–Crippen MR) is 116 cm³/mol. The highest BCUT2D eigenvalue weighted by Crippen LogP contribution is 2.35. The minimum Gasteiger partial charge on any atom is -0.381 e. The molecule has 0 bridgehead atoms. The SMILES string of the molecule is CC(=O)c1cccc(NC(=O)C(C)NCC2(c3ccc(Cl)cc3)CCOCC2)c1. The standard InChI is InChI=1S/C23H27ClN2O3/c1-16(22(28)26-21-5-3-4-18(14-21)17(2)27)25-15-23(10-12-29-13-11-23)19-6-8-20(24)9-7-19/h3-9,14,16,25H,10-13,15H2,1-2H3,(H,26,28). The number of rotatable bonds is 7. The first kappa shape index (κ1) is 21.5. The Morgan fingerprint density at radius 2 is 1.83 bits per heavy atom. The molecule has 1 unspecified atom stereocenters. The first-order valence-corrected chi connectivity index (χ1v) is 10.3. The lowest BCUT2D eigenvalue weighted by atomic mass is 9.74. The van der Waals surface area contributed by atoms with Gasteiger partial charge in [0.15, 0.2) is 5.78 Å². The van der Waals surface area contributed by atoms with Crippen LogP contribution in [0.3, 0.4) is 0 Å². The number of carbonyl (C=O) groups is 2. The monoisotopic (exact) mass is 414 g/mol. The van der Waals surface area contributed by atoms with E-state index in [0.717, 1.165) is 12.8 Å². The van der Waals surface area contributed by atoms with E-state index in [4.69, 9.17) is 16.3 Å². The van der Waals surface area contributed by atoms with E-state index in [1.54, 1.807) is 24.3 Å². The molecule has 0 spiro atoms. The average molecular weight is 415 g/mol. The smallest absolute Gasteiger partial charge is 0.241 e. The molecule has 1 saturated heterocycles. The van der Waals surface area contributed by atoms with Crippen molar-refractivity contribution in [2.24, 2.45) is 0 Å². The Morgan fingerprint density at radius 1 is 1.14 bits per heavy atom. The van der Waals surface area contributed by atoms with E-state index >= 15 is 0 Å². The summed E-state index contributed by atoms with van der Waals surface area (Å²) in [7, 11) is 0. The number of hydrogen-bond donors (Lipinski definition) is 2. The highest BCUT2D eigenvalue weighted by Gasteiger charge is 2.35. The summed E-state index contributed by atoms with van der Waals surface area (Å²) in [5.41, 5.74) is 2.31. The second kappa shape index (κ2) is 9.53. The molecule has 1 aliphatic heterocycles. The van der Waals surface area contributed by atoms with Crippen molar-refractivity contribution in [1.29, 1.82) is 0 Å². The maximum absolute atomic E-state index is 12.7. The minimum absolute atomic E-state index is 0.0308. The molecule has 2 aromatic rings. The van der Waals surface area contributed by atoms with Gasteiger partial charge in [-0.2, -0.15) is 0 Å². The third kappa shape index (κ3) is 5.44. The Balaban J connectivity index is 1.66. The van der Waals surface area contributed by atoms with Crippen LogP contribution in [-0.2, 0) is 14.9 Å². The lowest BCUT2D eigenvalue weighted by Gasteiger charge is -2.38. The Bertz CT molecular complexity index is 861. The lowest BCUT2D eigenvalue weighted by molar-refractivity contribution is -0.117. The fraction of sp³-hybridized carbons (Fsp3) is 0.391.